The summed E-state index contributed by atoms with van der Waals surface area (Å²) in [7, 11) is 3.08. The zero-order valence-electron chi connectivity index (χ0n) is 18.2. The molecule has 33 heavy (non-hydrogen) atoms. The summed E-state index contributed by atoms with van der Waals surface area (Å²) in [4.78, 5) is 21.3. The van der Waals surface area contributed by atoms with E-state index in [1.165, 1.54) is 18.0 Å². The van der Waals surface area contributed by atoms with Crippen LogP contribution in [0.2, 0.25) is 0 Å². The van der Waals surface area contributed by atoms with Crippen LogP contribution in [0.5, 0.6) is 11.5 Å². The molecule has 8 nitrogen and oxygen atoms in total. The number of hydrogen-bond donors (Lipinski definition) is 1. The maximum absolute atomic E-state index is 12.8. The van der Waals surface area contributed by atoms with Gasteiger partial charge in [0.1, 0.15) is 17.8 Å². The first-order valence-electron chi connectivity index (χ1n) is 10.3. The third kappa shape index (κ3) is 4.94. The third-order valence-corrected chi connectivity index (χ3v) is 5.06. The topological polar surface area (TPSA) is 83.2 Å². The summed E-state index contributed by atoms with van der Waals surface area (Å²) < 4.78 is 40.3. The van der Waals surface area contributed by atoms with Crippen molar-refractivity contribution in [2.24, 2.45) is 7.05 Å². The Labute approximate surface area is 188 Å². The standard InChI is InChI=1S/C23H23F2N5O3/c1-29-14-27-17-12-16(28-22(21(17)23(29)31)26-13-20(24)25)15-5-6-18(19(11-15)32-2)33-10-9-30-7-3-4-8-30/h3-8,11-12,14,20H,9-10,13H2,1-2H3,(H,26,28). The average Bonchev–Trinajstić information content (AvgIpc) is 3.33. The average molecular weight is 455 g/mol. The van der Waals surface area contributed by atoms with E-state index in [1.54, 1.807) is 31.3 Å². The molecule has 3 aromatic heterocycles. The molecule has 0 bridgehead atoms. The minimum Gasteiger partial charge on any atom is -0.493 e. The second-order valence-corrected chi connectivity index (χ2v) is 7.32. The molecule has 0 aliphatic carbocycles. The number of hydrogen-bond acceptors (Lipinski definition) is 6. The van der Waals surface area contributed by atoms with Crippen molar-refractivity contribution < 1.29 is 18.3 Å². The van der Waals surface area contributed by atoms with Crippen LogP contribution in [-0.4, -0.2) is 45.8 Å². The highest BCUT2D eigenvalue weighted by atomic mass is 19.3. The van der Waals surface area contributed by atoms with Gasteiger partial charge in [0, 0.05) is 25.0 Å². The van der Waals surface area contributed by atoms with E-state index in [4.69, 9.17) is 9.47 Å². The van der Waals surface area contributed by atoms with E-state index < -0.39 is 13.0 Å². The second kappa shape index (κ2) is 9.68. The minimum absolute atomic E-state index is 0.0579. The lowest BCUT2D eigenvalue weighted by atomic mass is 10.1. The highest BCUT2D eigenvalue weighted by Crippen LogP contribution is 2.33. The number of aromatic nitrogens is 4. The number of anilines is 1. The highest BCUT2D eigenvalue weighted by Gasteiger charge is 2.16. The third-order valence-electron chi connectivity index (χ3n) is 5.06. The first kappa shape index (κ1) is 22.3. The van der Waals surface area contributed by atoms with Gasteiger partial charge in [-0.15, -0.1) is 0 Å². The number of benzene rings is 1. The molecule has 0 radical (unpaired) electrons. The van der Waals surface area contributed by atoms with Crippen molar-refractivity contribution in [2.45, 2.75) is 13.0 Å². The molecule has 0 saturated carbocycles. The summed E-state index contributed by atoms with van der Waals surface area (Å²) in [5.41, 5.74) is 1.09. The molecule has 0 spiro atoms. The Morgan fingerprint density at radius 1 is 1.15 bits per heavy atom. The van der Waals surface area contributed by atoms with Crippen molar-refractivity contribution in [3.63, 3.8) is 0 Å². The van der Waals surface area contributed by atoms with E-state index in [9.17, 15) is 13.6 Å². The van der Waals surface area contributed by atoms with Crippen molar-refractivity contribution in [1.29, 1.82) is 0 Å². The predicted molar refractivity (Wildman–Crippen MR) is 121 cm³/mol. The van der Waals surface area contributed by atoms with Gasteiger partial charge in [0.05, 0.1) is 37.7 Å². The summed E-state index contributed by atoms with van der Waals surface area (Å²) in [6.45, 7) is 0.499. The molecule has 0 unspecified atom stereocenters. The Morgan fingerprint density at radius 2 is 1.94 bits per heavy atom. The molecule has 4 rings (SSSR count). The zero-order valence-corrected chi connectivity index (χ0v) is 18.2. The van der Waals surface area contributed by atoms with E-state index in [-0.39, 0.29) is 16.8 Å². The Kier molecular flexibility index (Phi) is 6.53. The van der Waals surface area contributed by atoms with Gasteiger partial charge in [-0.05, 0) is 36.4 Å². The van der Waals surface area contributed by atoms with E-state index in [0.717, 1.165) is 0 Å². The van der Waals surface area contributed by atoms with Crippen molar-refractivity contribution in [1.82, 2.24) is 19.1 Å². The molecular formula is C23H23F2N5O3. The largest absolute Gasteiger partial charge is 0.493 e. The molecule has 10 heteroatoms. The van der Waals surface area contributed by atoms with Crippen LogP contribution in [0.15, 0.2) is 59.9 Å². The van der Waals surface area contributed by atoms with Gasteiger partial charge in [0.15, 0.2) is 11.5 Å². The monoisotopic (exact) mass is 455 g/mol. The molecule has 0 saturated heterocycles. The van der Waals surface area contributed by atoms with Gasteiger partial charge in [-0.25, -0.2) is 18.7 Å². The van der Waals surface area contributed by atoms with Crippen LogP contribution in [0.4, 0.5) is 14.6 Å². The number of fused-ring (bicyclic) bond motifs is 1. The molecule has 0 amide bonds. The number of rotatable bonds is 9. The highest BCUT2D eigenvalue weighted by molar-refractivity contribution is 5.91. The first-order chi connectivity index (χ1) is 16.0. The van der Waals surface area contributed by atoms with Crippen molar-refractivity contribution in [2.75, 3.05) is 25.6 Å². The normalized spacial score (nSPS) is 11.2. The molecule has 3 heterocycles. The van der Waals surface area contributed by atoms with E-state index in [2.05, 4.69) is 15.3 Å². The van der Waals surface area contributed by atoms with Gasteiger partial charge >= 0.3 is 0 Å². The molecule has 1 aromatic carbocycles. The lowest BCUT2D eigenvalue weighted by Crippen LogP contribution is -2.20. The molecule has 0 aliphatic rings. The molecule has 172 valence electrons. The van der Waals surface area contributed by atoms with E-state index in [0.29, 0.717) is 41.4 Å². The molecule has 0 fully saturated rings. The van der Waals surface area contributed by atoms with Gasteiger partial charge < -0.3 is 23.9 Å². The van der Waals surface area contributed by atoms with Crippen molar-refractivity contribution >= 4 is 16.7 Å². The molecule has 0 aliphatic heterocycles. The lowest BCUT2D eigenvalue weighted by Gasteiger charge is -2.14. The SMILES string of the molecule is COc1cc(-c2cc3ncn(C)c(=O)c3c(NCC(F)F)n2)ccc1OCCn1cccc1. The summed E-state index contributed by atoms with van der Waals surface area (Å²) in [5, 5.41) is 2.73. The number of ether oxygens (including phenoxy) is 2. The summed E-state index contributed by atoms with van der Waals surface area (Å²) in [6.07, 6.45) is 2.69. The molecule has 1 N–H and O–H groups in total. The summed E-state index contributed by atoms with van der Waals surface area (Å²) in [6, 6.07) is 10.8. The smallest absolute Gasteiger partial charge is 0.264 e. The predicted octanol–water partition coefficient (Wildman–Crippen LogP) is 3.56. The van der Waals surface area contributed by atoms with E-state index in [1.807, 2.05) is 29.1 Å². The number of halogens is 2. The number of nitrogens with zero attached hydrogens (tertiary/aromatic N) is 4. The number of pyridine rings is 1. The Hall–Kier alpha value is -3.95. The van der Waals surface area contributed by atoms with Crippen LogP contribution < -0.4 is 20.3 Å². The Bertz CT molecular complexity index is 1310. The Balaban J connectivity index is 1.67. The minimum atomic E-state index is -2.60. The van der Waals surface area contributed by atoms with Crippen molar-refractivity contribution in [3.8, 4) is 22.8 Å². The van der Waals surface area contributed by atoms with Crippen LogP contribution in [0.3, 0.4) is 0 Å². The van der Waals surface area contributed by atoms with Gasteiger partial charge in [-0.3, -0.25) is 4.79 Å². The summed E-state index contributed by atoms with van der Waals surface area (Å²) >= 11 is 0. The van der Waals surface area contributed by atoms with Crippen LogP contribution in [0, 0.1) is 0 Å². The maximum atomic E-state index is 12.8. The lowest BCUT2D eigenvalue weighted by molar-refractivity contribution is 0.163. The van der Waals surface area contributed by atoms with Gasteiger partial charge in [-0.2, -0.15) is 0 Å². The molecule has 0 atom stereocenters. The van der Waals surface area contributed by atoms with Crippen LogP contribution >= 0.6 is 0 Å². The quantitative estimate of drug-likeness (QED) is 0.416. The second-order valence-electron chi connectivity index (χ2n) is 7.32. The number of methoxy groups -OCH3 is 1. The Morgan fingerprint density at radius 3 is 2.67 bits per heavy atom. The fraction of sp³-hybridized carbons (Fsp3) is 0.261. The number of nitrogens with one attached hydrogen (secondary N) is 1. The number of aryl methyl sites for hydroxylation is 1. The number of alkyl halides is 2. The van der Waals surface area contributed by atoms with Crippen LogP contribution in [-0.2, 0) is 13.6 Å². The van der Waals surface area contributed by atoms with Crippen molar-refractivity contribution in [3.05, 3.63) is 65.5 Å². The van der Waals surface area contributed by atoms with Gasteiger partial charge in [-0.1, -0.05) is 0 Å². The fourth-order valence-electron chi connectivity index (χ4n) is 3.40. The van der Waals surface area contributed by atoms with Crippen LogP contribution in [0.1, 0.15) is 0 Å². The maximum Gasteiger partial charge on any atom is 0.264 e. The molecule has 4 aromatic rings. The first-order valence-corrected chi connectivity index (χ1v) is 10.3. The van der Waals surface area contributed by atoms with E-state index >= 15 is 0 Å². The fourth-order valence-corrected chi connectivity index (χ4v) is 3.40. The van der Waals surface area contributed by atoms with Crippen LogP contribution in [0.25, 0.3) is 22.2 Å². The summed E-state index contributed by atoms with van der Waals surface area (Å²) in [5.74, 6) is 1.13. The zero-order chi connectivity index (χ0) is 23.4. The van der Waals surface area contributed by atoms with Gasteiger partial charge in [0.25, 0.3) is 12.0 Å². The van der Waals surface area contributed by atoms with Gasteiger partial charge in [0.2, 0.25) is 0 Å². The molecular weight excluding hydrogens is 432 g/mol.